The first-order chi connectivity index (χ1) is 11.5. The van der Waals surface area contributed by atoms with Gasteiger partial charge in [0.15, 0.2) is 5.78 Å². The first kappa shape index (κ1) is 20.4. The summed E-state index contributed by atoms with van der Waals surface area (Å²) in [5, 5.41) is 18.6. The number of carboxylic acid groups (broad SMARTS) is 1. The third kappa shape index (κ3) is 8.25. The second kappa shape index (κ2) is 11.8. The van der Waals surface area contributed by atoms with Gasteiger partial charge in [-0.1, -0.05) is 50.5 Å². The van der Waals surface area contributed by atoms with Crippen LogP contribution in [0.25, 0.3) is 0 Å². The number of ketones is 1. The molecule has 4 nitrogen and oxygen atoms in total. The van der Waals surface area contributed by atoms with E-state index in [9.17, 15) is 14.7 Å². The summed E-state index contributed by atoms with van der Waals surface area (Å²) in [4.78, 5) is 22.4. The van der Waals surface area contributed by atoms with Gasteiger partial charge in [0.2, 0.25) is 0 Å². The van der Waals surface area contributed by atoms with Gasteiger partial charge in [-0.05, 0) is 38.2 Å². The van der Waals surface area contributed by atoms with Crippen molar-refractivity contribution < 1.29 is 19.8 Å². The maximum Gasteiger partial charge on any atom is 0.303 e. The molecule has 0 spiro atoms. The number of aliphatic hydroxyl groups excluding tert-OH is 1. The molecule has 0 unspecified atom stereocenters. The summed E-state index contributed by atoms with van der Waals surface area (Å²) < 4.78 is 0. The van der Waals surface area contributed by atoms with Gasteiger partial charge in [-0.15, -0.1) is 0 Å². The van der Waals surface area contributed by atoms with Crippen LogP contribution in [-0.4, -0.2) is 28.1 Å². The molecule has 1 rings (SSSR count). The van der Waals surface area contributed by atoms with E-state index < -0.39 is 5.97 Å². The number of aliphatic hydroxyl groups is 1. The zero-order chi connectivity index (χ0) is 17.8. The van der Waals surface area contributed by atoms with Crippen LogP contribution in [0.3, 0.4) is 0 Å². The quantitative estimate of drug-likeness (QED) is 0.319. The van der Waals surface area contributed by atoms with Crippen LogP contribution in [0.1, 0.15) is 64.7 Å². The number of rotatable bonds is 12. The van der Waals surface area contributed by atoms with E-state index in [-0.39, 0.29) is 24.2 Å². The van der Waals surface area contributed by atoms with Gasteiger partial charge in [0, 0.05) is 17.9 Å². The van der Waals surface area contributed by atoms with Crippen molar-refractivity contribution in [2.75, 3.05) is 0 Å². The van der Waals surface area contributed by atoms with Crippen molar-refractivity contribution in [1.82, 2.24) is 0 Å². The molecule has 24 heavy (non-hydrogen) atoms. The molecule has 0 saturated heterocycles. The summed E-state index contributed by atoms with van der Waals surface area (Å²) in [6.07, 6.45) is 16.0. The number of hydrogen-bond acceptors (Lipinski definition) is 3. The van der Waals surface area contributed by atoms with E-state index in [1.165, 1.54) is 0 Å². The molecule has 0 aliphatic heterocycles. The SMILES string of the molecule is CCCCC[C@H](O)C/C=C1/C(=O)C=C[C@@H]1CC=CCCCC(=O)O. The second-order valence-electron chi connectivity index (χ2n) is 6.37. The average molecular weight is 334 g/mol. The number of hydrogen-bond donors (Lipinski definition) is 2. The molecular formula is C20H30O4. The first-order valence-corrected chi connectivity index (χ1v) is 9.02. The van der Waals surface area contributed by atoms with E-state index in [2.05, 4.69) is 6.92 Å². The Bertz CT molecular complexity index is 488. The van der Waals surface area contributed by atoms with E-state index in [1.807, 2.05) is 24.3 Å². The van der Waals surface area contributed by atoms with Gasteiger partial charge >= 0.3 is 5.97 Å². The minimum absolute atomic E-state index is 0.0417. The molecule has 0 amide bonds. The van der Waals surface area contributed by atoms with E-state index in [0.717, 1.165) is 44.1 Å². The zero-order valence-electron chi connectivity index (χ0n) is 14.6. The van der Waals surface area contributed by atoms with Gasteiger partial charge in [-0.3, -0.25) is 9.59 Å². The highest BCUT2D eigenvalue weighted by Gasteiger charge is 2.21. The van der Waals surface area contributed by atoms with Crippen molar-refractivity contribution in [2.45, 2.75) is 70.8 Å². The first-order valence-electron chi connectivity index (χ1n) is 9.02. The Morgan fingerprint density at radius 1 is 1.29 bits per heavy atom. The lowest BCUT2D eigenvalue weighted by atomic mass is 9.95. The van der Waals surface area contributed by atoms with Crippen LogP contribution in [0.2, 0.25) is 0 Å². The largest absolute Gasteiger partial charge is 0.481 e. The summed E-state index contributed by atoms with van der Waals surface area (Å²) in [6.45, 7) is 2.14. The van der Waals surface area contributed by atoms with Gasteiger partial charge in [-0.25, -0.2) is 0 Å². The molecule has 2 atom stereocenters. The topological polar surface area (TPSA) is 74.6 Å². The lowest BCUT2D eigenvalue weighted by Gasteiger charge is -2.11. The molecule has 4 heteroatoms. The van der Waals surface area contributed by atoms with Crippen molar-refractivity contribution in [2.24, 2.45) is 5.92 Å². The maximum absolute atomic E-state index is 11.9. The highest BCUT2D eigenvalue weighted by molar-refractivity contribution is 6.07. The number of allylic oxidation sites excluding steroid dienone is 5. The third-order valence-corrected chi connectivity index (χ3v) is 4.23. The molecule has 134 valence electrons. The molecule has 1 aliphatic carbocycles. The van der Waals surface area contributed by atoms with E-state index >= 15 is 0 Å². The lowest BCUT2D eigenvalue weighted by Crippen LogP contribution is -2.08. The minimum atomic E-state index is -0.768. The average Bonchev–Trinajstić information content (AvgIpc) is 2.89. The summed E-state index contributed by atoms with van der Waals surface area (Å²) in [5.41, 5.74) is 0.778. The van der Waals surface area contributed by atoms with Gasteiger partial charge in [0.25, 0.3) is 0 Å². The molecule has 0 fully saturated rings. The Labute approximate surface area is 145 Å². The number of aliphatic carboxylic acids is 1. The molecule has 0 bridgehead atoms. The van der Waals surface area contributed by atoms with Gasteiger partial charge < -0.3 is 10.2 Å². The summed E-state index contributed by atoms with van der Waals surface area (Å²) >= 11 is 0. The Kier molecular flexibility index (Phi) is 10.0. The molecule has 0 saturated carbocycles. The highest BCUT2D eigenvalue weighted by atomic mass is 16.4. The van der Waals surface area contributed by atoms with Gasteiger partial charge in [0.05, 0.1) is 6.10 Å². The summed E-state index contributed by atoms with van der Waals surface area (Å²) in [7, 11) is 0. The lowest BCUT2D eigenvalue weighted by molar-refractivity contribution is -0.137. The molecule has 1 aliphatic rings. The van der Waals surface area contributed by atoms with Crippen molar-refractivity contribution in [3.63, 3.8) is 0 Å². The number of carbonyl (C=O) groups excluding carboxylic acids is 1. The van der Waals surface area contributed by atoms with Crippen molar-refractivity contribution >= 4 is 11.8 Å². The van der Waals surface area contributed by atoms with E-state index in [0.29, 0.717) is 12.8 Å². The Hall–Kier alpha value is -1.68. The maximum atomic E-state index is 11.9. The van der Waals surface area contributed by atoms with Crippen LogP contribution >= 0.6 is 0 Å². The smallest absolute Gasteiger partial charge is 0.303 e. The number of carboxylic acids is 1. The van der Waals surface area contributed by atoms with Crippen LogP contribution in [0.15, 0.2) is 36.0 Å². The van der Waals surface area contributed by atoms with Crippen molar-refractivity contribution in [3.8, 4) is 0 Å². The Morgan fingerprint density at radius 3 is 2.79 bits per heavy atom. The van der Waals surface area contributed by atoms with Crippen LogP contribution in [0, 0.1) is 5.92 Å². The monoisotopic (exact) mass is 334 g/mol. The predicted octanol–water partition coefficient (Wildman–Crippen LogP) is 4.20. The fourth-order valence-electron chi connectivity index (χ4n) is 2.79. The Balaban J connectivity index is 2.39. The van der Waals surface area contributed by atoms with Gasteiger partial charge in [0.1, 0.15) is 0 Å². The normalized spacial score (nSPS) is 20.3. The van der Waals surface area contributed by atoms with Gasteiger partial charge in [-0.2, -0.15) is 0 Å². The van der Waals surface area contributed by atoms with Crippen molar-refractivity contribution in [1.29, 1.82) is 0 Å². The molecule has 2 N–H and O–H groups in total. The fourth-order valence-corrected chi connectivity index (χ4v) is 2.79. The minimum Gasteiger partial charge on any atom is -0.481 e. The molecular weight excluding hydrogens is 304 g/mol. The molecule has 0 aromatic rings. The van der Waals surface area contributed by atoms with Crippen LogP contribution in [-0.2, 0) is 9.59 Å². The Morgan fingerprint density at radius 2 is 2.08 bits per heavy atom. The van der Waals surface area contributed by atoms with Crippen molar-refractivity contribution in [3.05, 3.63) is 36.0 Å². The third-order valence-electron chi connectivity index (χ3n) is 4.23. The molecule has 0 aromatic heterocycles. The van der Waals surface area contributed by atoms with Crippen LogP contribution in [0.5, 0.6) is 0 Å². The van der Waals surface area contributed by atoms with Crippen LogP contribution in [0.4, 0.5) is 0 Å². The standard InChI is InChI=1S/C20H30O4/c1-2-3-6-10-17(21)13-14-18-16(12-15-19(18)22)9-7-4-5-8-11-20(23)24/h4,7,12,14-17,21H,2-3,5-6,8-11,13H2,1H3,(H,23,24)/b7-4?,18-14+/t16-,17-/m0/s1. The number of unbranched alkanes of at least 4 members (excludes halogenated alkanes) is 3. The van der Waals surface area contributed by atoms with E-state index in [4.69, 9.17) is 5.11 Å². The predicted molar refractivity (Wildman–Crippen MR) is 95.7 cm³/mol. The van der Waals surface area contributed by atoms with Crippen LogP contribution < -0.4 is 0 Å². The zero-order valence-corrected chi connectivity index (χ0v) is 14.6. The van der Waals surface area contributed by atoms with E-state index in [1.54, 1.807) is 6.08 Å². The molecule has 0 aromatic carbocycles. The highest BCUT2D eigenvalue weighted by Crippen LogP contribution is 2.26. The summed E-state index contributed by atoms with van der Waals surface area (Å²) in [6, 6.07) is 0. The second-order valence-corrected chi connectivity index (χ2v) is 6.37. The summed E-state index contributed by atoms with van der Waals surface area (Å²) in [5.74, 6) is -0.647. The number of carbonyl (C=O) groups is 2. The molecule has 0 radical (unpaired) electrons. The molecule has 0 heterocycles. The fraction of sp³-hybridized carbons (Fsp3) is 0.600.